The van der Waals surface area contributed by atoms with Gasteiger partial charge in [0.1, 0.15) is 5.75 Å². The van der Waals surface area contributed by atoms with Crippen molar-refractivity contribution in [1.82, 2.24) is 14.7 Å². The predicted octanol–water partition coefficient (Wildman–Crippen LogP) is 2.27. The van der Waals surface area contributed by atoms with Gasteiger partial charge in [-0.2, -0.15) is 5.10 Å². The van der Waals surface area contributed by atoms with Crippen LogP contribution in [-0.2, 0) is 29.0 Å². The maximum absolute atomic E-state index is 12.7. The van der Waals surface area contributed by atoms with Gasteiger partial charge in [0.2, 0.25) is 5.91 Å². The van der Waals surface area contributed by atoms with E-state index in [1.54, 1.807) is 13.3 Å². The molecule has 0 unspecified atom stereocenters. The van der Waals surface area contributed by atoms with E-state index in [4.69, 9.17) is 9.47 Å². The molecule has 6 nitrogen and oxygen atoms in total. The largest absolute Gasteiger partial charge is 0.494 e. The summed E-state index contributed by atoms with van der Waals surface area (Å²) in [4.78, 5) is 14.6. The van der Waals surface area contributed by atoms with Gasteiger partial charge in [0.05, 0.1) is 31.5 Å². The molecular formula is C19H25N3O3. The van der Waals surface area contributed by atoms with E-state index in [9.17, 15) is 4.79 Å². The lowest BCUT2D eigenvalue weighted by Gasteiger charge is -2.23. The van der Waals surface area contributed by atoms with Gasteiger partial charge in [0.15, 0.2) is 0 Å². The molecule has 0 fully saturated rings. The number of fused-ring (bicyclic) bond motifs is 1. The van der Waals surface area contributed by atoms with E-state index in [2.05, 4.69) is 5.10 Å². The Morgan fingerprint density at radius 3 is 2.76 bits per heavy atom. The van der Waals surface area contributed by atoms with Gasteiger partial charge < -0.3 is 14.4 Å². The van der Waals surface area contributed by atoms with Crippen LogP contribution in [0.15, 0.2) is 36.5 Å². The average Bonchev–Trinajstić information content (AvgIpc) is 2.98. The Kier molecular flexibility index (Phi) is 5.71. The lowest BCUT2D eigenvalue weighted by molar-refractivity contribution is -0.133. The highest BCUT2D eigenvalue weighted by Crippen LogP contribution is 2.17. The molecule has 25 heavy (non-hydrogen) atoms. The number of rotatable bonds is 6. The lowest BCUT2D eigenvalue weighted by atomic mass is 10.1. The van der Waals surface area contributed by atoms with Crippen LogP contribution in [0.1, 0.15) is 24.6 Å². The maximum Gasteiger partial charge on any atom is 0.223 e. The second-order valence-electron chi connectivity index (χ2n) is 6.21. The zero-order valence-electron chi connectivity index (χ0n) is 14.9. The first-order valence-electron chi connectivity index (χ1n) is 8.72. The molecule has 3 rings (SSSR count). The van der Waals surface area contributed by atoms with Crippen LogP contribution < -0.4 is 4.74 Å². The Bertz CT molecular complexity index is 696. The lowest BCUT2D eigenvalue weighted by Crippen LogP contribution is -2.37. The molecule has 0 radical (unpaired) electrons. The SMILES string of the molecule is CCOc1ccc(CCC(=O)N2Cc3ccnn3C[C@H](OC)C2)cc1. The van der Waals surface area contributed by atoms with Crippen molar-refractivity contribution in [1.29, 1.82) is 0 Å². The standard InChI is InChI=1S/C19H25N3O3/c1-3-25-17-7-4-15(5-8-17)6-9-19(23)21-12-16-10-11-20-22(16)14-18(13-21)24-2/h4-5,7-8,10-11,18H,3,6,9,12-14H2,1-2H3/t18-/m1/s1. The Labute approximate surface area is 148 Å². The number of amides is 1. The van der Waals surface area contributed by atoms with Crippen LogP contribution in [0.4, 0.5) is 0 Å². The number of ether oxygens (including phenoxy) is 2. The second-order valence-corrected chi connectivity index (χ2v) is 6.21. The Balaban J connectivity index is 1.60. The van der Waals surface area contributed by atoms with E-state index in [-0.39, 0.29) is 12.0 Å². The fraction of sp³-hybridized carbons (Fsp3) is 0.474. The van der Waals surface area contributed by atoms with Gasteiger partial charge in [0, 0.05) is 26.3 Å². The Hall–Kier alpha value is -2.34. The van der Waals surface area contributed by atoms with E-state index in [0.29, 0.717) is 32.7 Å². The highest BCUT2D eigenvalue weighted by atomic mass is 16.5. The quantitative estimate of drug-likeness (QED) is 0.807. The first-order chi connectivity index (χ1) is 12.2. The highest BCUT2D eigenvalue weighted by Gasteiger charge is 2.25. The molecule has 1 aromatic carbocycles. The minimum absolute atomic E-state index is 0.0319. The molecule has 1 aliphatic rings. The number of carbonyl (C=O) groups excluding carboxylic acids is 1. The second kappa shape index (κ2) is 8.16. The maximum atomic E-state index is 12.7. The summed E-state index contributed by atoms with van der Waals surface area (Å²) >= 11 is 0. The molecule has 1 amide bonds. The van der Waals surface area contributed by atoms with E-state index in [1.807, 2.05) is 46.8 Å². The molecule has 0 aliphatic carbocycles. The van der Waals surface area contributed by atoms with Gasteiger partial charge in [0.25, 0.3) is 0 Å². The third-order valence-electron chi connectivity index (χ3n) is 4.51. The molecule has 1 atom stereocenters. The number of aromatic nitrogens is 2. The van der Waals surface area contributed by atoms with Crippen molar-refractivity contribution < 1.29 is 14.3 Å². The third kappa shape index (κ3) is 4.39. The van der Waals surface area contributed by atoms with Crippen molar-refractivity contribution in [3.8, 4) is 5.75 Å². The number of aryl methyl sites for hydroxylation is 1. The van der Waals surface area contributed by atoms with Crippen molar-refractivity contribution in [2.24, 2.45) is 0 Å². The summed E-state index contributed by atoms with van der Waals surface area (Å²) in [6.45, 7) is 4.49. The van der Waals surface area contributed by atoms with Crippen LogP contribution in [0.2, 0.25) is 0 Å². The van der Waals surface area contributed by atoms with Crippen LogP contribution in [-0.4, -0.2) is 47.0 Å². The fourth-order valence-electron chi connectivity index (χ4n) is 3.08. The topological polar surface area (TPSA) is 56.6 Å². The summed E-state index contributed by atoms with van der Waals surface area (Å²) < 4.78 is 12.9. The number of hydrogen-bond acceptors (Lipinski definition) is 4. The van der Waals surface area contributed by atoms with Crippen LogP contribution in [0.25, 0.3) is 0 Å². The van der Waals surface area contributed by atoms with E-state index in [0.717, 1.165) is 23.4 Å². The molecule has 134 valence electrons. The first-order valence-corrected chi connectivity index (χ1v) is 8.72. The Morgan fingerprint density at radius 2 is 2.04 bits per heavy atom. The predicted molar refractivity (Wildman–Crippen MR) is 94.4 cm³/mol. The molecule has 0 bridgehead atoms. The van der Waals surface area contributed by atoms with Gasteiger partial charge >= 0.3 is 0 Å². The number of carbonyl (C=O) groups is 1. The van der Waals surface area contributed by atoms with Crippen molar-refractivity contribution in [2.45, 2.75) is 39.0 Å². The van der Waals surface area contributed by atoms with E-state index >= 15 is 0 Å². The van der Waals surface area contributed by atoms with Gasteiger partial charge in [-0.3, -0.25) is 9.48 Å². The van der Waals surface area contributed by atoms with Gasteiger partial charge in [-0.1, -0.05) is 12.1 Å². The molecule has 1 aliphatic heterocycles. The summed E-state index contributed by atoms with van der Waals surface area (Å²) in [5.74, 6) is 1.01. The minimum atomic E-state index is -0.0319. The van der Waals surface area contributed by atoms with E-state index in [1.165, 1.54) is 0 Å². The van der Waals surface area contributed by atoms with Crippen molar-refractivity contribution >= 4 is 5.91 Å². The number of benzene rings is 1. The molecule has 1 aromatic heterocycles. The normalized spacial score (nSPS) is 17.0. The number of nitrogens with zero attached hydrogens (tertiary/aromatic N) is 3. The van der Waals surface area contributed by atoms with Crippen LogP contribution in [0.5, 0.6) is 5.75 Å². The zero-order valence-corrected chi connectivity index (χ0v) is 14.9. The fourth-order valence-corrected chi connectivity index (χ4v) is 3.08. The molecule has 0 N–H and O–H groups in total. The summed E-state index contributed by atoms with van der Waals surface area (Å²) in [6.07, 6.45) is 2.95. The van der Waals surface area contributed by atoms with Crippen LogP contribution >= 0.6 is 0 Å². The van der Waals surface area contributed by atoms with Crippen LogP contribution in [0, 0.1) is 0 Å². The molecule has 0 saturated heterocycles. The smallest absolute Gasteiger partial charge is 0.223 e. The zero-order chi connectivity index (χ0) is 17.6. The molecular weight excluding hydrogens is 318 g/mol. The average molecular weight is 343 g/mol. The Morgan fingerprint density at radius 1 is 1.24 bits per heavy atom. The molecule has 6 heteroatoms. The number of hydrogen-bond donors (Lipinski definition) is 0. The third-order valence-corrected chi connectivity index (χ3v) is 4.51. The first kappa shape index (κ1) is 17.5. The summed E-state index contributed by atoms with van der Waals surface area (Å²) in [6, 6.07) is 9.91. The summed E-state index contributed by atoms with van der Waals surface area (Å²) in [7, 11) is 1.68. The van der Waals surface area contributed by atoms with Crippen LogP contribution in [0.3, 0.4) is 0 Å². The van der Waals surface area contributed by atoms with E-state index < -0.39 is 0 Å². The van der Waals surface area contributed by atoms with Crippen molar-refractivity contribution in [3.05, 3.63) is 47.8 Å². The van der Waals surface area contributed by atoms with Gasteiger partial charge in [-0.25, -0.2) is 0 Å². The monoisotopic (exact) mass is 343 g/mol. The van der Waals surface area contributed by atoms with Crippen molar-refractivity contribution in [2.75, 3.05) is 20.3 Å². The number of methoxy groups -OCH3 is 1. The molecule has 2 aromatic rings. The molecule has 0 spiro atoms. The van der Waals surface area contributed by atoms with Gasteiger partial charge in [-0.05, 0) is 37.1 Å². The molecule has 2 heterocycles. The van der Waals surface area contributed by atoms with Gasteiger partial charge in [-0.15, -0.1) is 0 Å². The van der Waals surface area contributed by atoms with Crippen molar-refractivity contribution in [3.63, 3.8) is 0 Å². The summed E-state index contributed by atoms with van der Waals surface area (Å²) in [5, 5.41) is 4.31. The highest BCUT2D eigenvalue weighted by molar-refractivity contribution is 5.76. The minimum Gasteiger partial charge on any atom is -0.494 e. The molecule has 0 saturated carbocycles. The summed E-state index contributed by atoms with van der Waals surface area (Å²) in [5.41, 5.74) is 2.19.